The van der Waals surface area contributed by atoms with Crippen molar-refractivity contribution in [3.8, 4) is 0 Å². The van der Waals surface area contributed by atoms with Gasteiger partial charge < -0.3 is 4.98 Å². The van der Waals surface area contributed by atoms with Crippen molar-refractivity contribution < 1.29 is 13.2 Å². The lowest BCUT2D eigenvalue weighted by atomic mass is 10.1. The van der Waals surface area contributed by atoms with Gasteiger partial charge in [0.25, 0.3) is 5.56 Å². The number of alkyl halides is 3. The highest BCUT2D eigenvalue weighted by Gasteiger charge is 2.30. The minimum absolute atomic E-state index is 0.145. The maximum absolute atomic E-state index is 12.8. The lowest BCUT2D eigenvalue weighted by Gasteiger charge is -2.15. The first-order valence-electron chi connectivity index (χ1n) is 7.88. The van der Waals surface area contributed by atoms with E-state index in [1.807, 2.05) is 0 Å². The Bertz CT molecular complexity index is 1090. The number of aromatic amines is 1. The van der Waals surface area contributed by atoms with E-state index in [1.54, 1.807) is 13.8 Å². The fourth-order valence-corrected chi connectivity index (χ4v) is 2.80. The fraction of sp³-hybridized carbons (Fsp3) is 0.312. The smallest absolute Gasteiger partial charge is 0.310 e. The summed E-state index contributed by atoms with van der Waals surface area (Å²) < 4.78 is 39.7. The van der Waals surface area contributed by atoms with Gasteiger partial charge in [-0.2, -0.15) is 18.3 Å². The quantitative estimate of drug-likeness (QED) is 0.423. The van der Waals surface area contributed by atoms with Gasteiger partial charge in [-0.25, -0.2) is 9.67 Å². The molecule has 1 aromatic carbocycles. The van der Waals surface area contributed by atoms with Gasteiger partial charge in [0.1, 0.15) is 11.2 Å². The molecule has 0 saturated heterocycles. The highest BCUT2D eigenvalue weighted by atomic mass is 19.4. The van der Waals surface area contributed by atoms with Gasteiger partial charge in [0.05, 0.1) is 23.8 Å². The molecule has 8 nitrogen and oxygen atoms in total. The summed E-state index contributed by atoms with van der Waals surface area (Å²) in [4.78, 5) is 21.8. The standard InChI is InChI=1S/C16H14F3N7O/c1-8(10-3-5-11(6-4-10)16(17,18)19)26-14-13(12(24-26)7-21-25-20)15(27)23-9(2)22-14/h3-6,8H,7H2,1-2H3,(H,22,23,27). The second-order valence-electron chi connectivity index (χ2n) is 5.93. The molecule has 0 radical (unpaired) electrons. The maximum Gasteiger partial charge on any atom is 0.416 e. The molecular weight excluding hydrogens is 363 g/mol. The molecule has 0 aliphatic carbocycles. The number of nitrogens with zero attached hydrogens (tertiary/aromatic N) is 6. The van der Waals surface area contributed by atoms with Crippen LogP contribution in [0.5, 0.6) is 0 Å². The molecule has 1 unspecified atom stereocenters. The van der Waals surface area contributed by atoms with E-state index in [2.05, 4.69) is 25.1 Å². The molecule has 1 N–H and O–H groups in total. The van der Waals surface area contributed by atoms with Gasteiger partial charge in [-0.15, -0.1) is 0 Å². The summed E-state index contributed by atoms with van der Waals surface area (Å²) in [5.41, 5.74) is 8.43. The summed E-state index contributed by atoms with van der Waals surface area (Å²) in [5, 5.41) is 7.95. The minimum atomic E-state index is -4.42. The van der Waals surface area contributed by atoms with E-state index in [0.717, 1.165) is 12.1 Å². The number of benzene rings is 1. The van der Waals surface area contributed by atoms with Crippen molar-refractivity contribution in [1.82, 2.24) is 19.7 Å². The Balaban J connectivity index is 2.12. The van der Waals surface area contributed by atoms with E-state index >= 15 is 0 Å². The van der Waals surface area contributed by atoms with Gasteiger partial charge in [-0.3, -0.25) is 4.79 Å². The van der Waals surface area contributed by atoms with Crippen LogP contribution in [-0.2, 0) is 12.7 Å². The number of halogens is 3. The van der Waals surface area contributed by atoms with Crippen LogP contribution >= 0.6 is 0 Å². The van der Waals surface area contributed by atoms with Crippen molar-refractivity contribution in [3.05, 3.63) is 67.7 Å². The monoisotopic (exact) mass is 377 g/mol. The van der Waals surface area contributed by atoms with Gasteiger partial charge in [0, 0.05) is 4.91 Å². The van der Waals surface area contributed by atoms with Gasteiger partial charge in [-0.1, -0.05) is 17.2 Å². The molecule has 140 valence electrons. The van der Waals surface area contributed by atoms with Gasteiger partial charge >= 0.3 is 6.18 Å². The molecular formula is C16H14F3N7O. The van der Waals surface area contributed by atoms with Crippen LogP contribution in [0.1, 0.15) is 35.6 Å². The van der Waals surface area contributed by atoms with Crippen LogP contribution in [-0.4, -0.2) is 19.7 Å². The van der Waals surface area contributed by atoms with Crippen LogP contribution in [0, 0.1) is 6.92 Å². The summed E-state index contributed by atoms with van der Waals surface area (Å²) >= 11 is 0. The summed E-state index contributed by atoms with van der Waals surface area (Å²) in [6.45, 7) is 3.19. The lowest BCUT2D eigenvalue weighted by Crippen LogP contribution is -2.13. The second-order valence-corrected chi connectivity index (χ2v) is 5.93. The number of aromatic nitrogens is 4. The highest BCUT2D eigenvalue weighted by Crippen LogP contribution is 2.31. The Morgan fingerprint density at radius 3 is 2.59 bits per heavy atom. The molecule has 0 amide bonds. The summed E-state index contributed by atoms with van der Waals surface area (Å²) in [7, 11) is 0. The third kappa shape index (κ3) is 3.49. The van der Waals surface area contributed by atoms with Crippen LogP contribution in [0.15, 0.2) is 34.2 Å². The molecule has 0 bridgehead atoms. The van der Waals surface area contributed by atoms with Gasteiger partial charge in [0.15, 0.2) is 5.65 Å². The Morgan fingerprint density at radius 2 is 2.00 bits per heavy atom. The number of rotatable bonds is 4. The van der Waals surface area contributed by atoms with Crippen molar-refractivity contribution in [2.24, 2.45) is 5.11 Å². The number of aryl methyl sites for hydroxylation is 1. The van der Waals surface area contributed by atoms with Crippen molar-refractivity contribution >= 4 is 11.0 Å². The molecule has 2 heterocycles. The van der Waals surface area contributed by atoms with Gasteiger partial charge in [0.2, 0.25) is 0 Å². The number of nitrogens with one attached hydrogen (secondary N) is 1. The molecule has 0 spiro atoms. The Kier molecular flexibility index (Phi) is 4.63. The zero-order valence-electron chi connectivity index (χ0n) is 14.3. The molecule has 3 aromatic rings. The fourth-order valence-electron chi connectivity index (χ4n) is 2.80. The Labute approximate surface area is 150 Å². The average Bonchev–Trinajstić information content (AvgIpc) is 2.97. The second kappa shape index (κ2) is 6.76. The summed E-state index contributed by atoms with van der Waals surface area (Å²) in [6.07, 6.45) is -4.42. The van der Waals surface area contributed by atoms with Crippen LogP contribution < -0.4 is 5.56 Å². The van der Waals surface area contributed by atoms with E-state index in [-0.39, 0.29) is 23.3 Å². The summed E-state index contributed by atoms with van der Waals surface area (Å²) in [6, 6.07) is 4.19. The molecule has 0 aliphatic heterocycles. The van der Waals surface area contributed by atoms with Crippen LogP contribution in [0.2, 0.25) is 0 Å². The average molecular weight is 377 g/mol. The molecule has 2 aromatic heterocycles. The van der Waals surface area contributed by atoms with E-state index in [0.29, 0.717) is 11.4 Å². The van der Waals surface area contributed by atoms with E-state index in [4.69, 9.17) is 5.53 Å². The first-order valence-corrected chi connectivity index (χ1v) is 7.88. The van der Waals surface area contributed by atoms with Crippen LogP contribution in [0.25, 0.3) is 21.5 Å². The SMILES string of the molecule is Cc1nc2c(c(CN=[N+]=[N-])nn2C(C)c2ccc(C(F)(F)F)cc2)c(=O)[nH]1. The molecule has 3 rings (SSSR count). The van der Waals surface area contributed by atoms with Crippen LogP contribution in [0.3, 0.4) is 0 Å². The number of hydrogen-bond acceptors (Lipinski definition) is 4. The maximum atomic E-state index is 12.8. The summed E-state index contributed by atoms with van der Waals surface area (Å²) in [5.74, 6) is 0.364. The Morgan fingerprint density at radius 1 is 1.33 bits per heavy atom. The van der Waals surface area contributed by atoms with Crippen molar-refractivity contribution in [2.75, 3.05) is 0 Å². The zero-order chi connectivity index (χ0) is 19.8. The molecule has 27 heavy (non-hydrogen) atoms. The minimum Gasteiger partial charge on any atom is -0.310 e. The Hall–Kier alpha value is -3.33. The lowest BCUT2D eigenvalue weighted by molar-refractivity contribution is -0.137. The molecule has 0 aliphatic rings. The molecule has 11 heteroatoms. The van der Waals surface area contributed by atoms with Crippen molar-refractivity contribution in [2.45, 2.75) is 32.6 Å². The number of azide groups is 1. The third-order valence-corrected chi connectivity index (χ3v) is 4.12. The zero-order valence-corrected chi connectivity index (χ0v) is 14.3. The first kappa shape index (κ1) is 18.5. The largest absolute Gasteiger partial charge is 0.416 e. The number of H-pyrrole nitrogens is 1. The number of fused-ring (bicyclic) bond motifs is 1. The first-order chi connectivity index (χ1) is 12.7. The van der Waals surface area contributed by atoms with Gasteiger partial charge in [-0.05, 0) is 37.1 Å². The normalized spacial score (nSPS) is 12.8. The molecule has 0 saturated carbocycles. The highest BCUT2D eigenvalue weighted by molar-refractivity contribution is 5.77. The van der Waals surface area contributed by atoms with E-state index in [9.17, 15) is 18.0 Å². The van der Waals surface area contributed by atoms with Crippen molar-refractivity contribution in [3.63, 3.8) is 0 Å². The number of hydrogen-bond donors (Lipinski definition) is 1. The third-order valence-electron chi connectivity index (χ3n) is 4.12. The van der Waals surface area contributed by atoms with Crippen LogP contribution in [0.4, 0.5) is 13.2 Å². The molecule has 0 fully saturated rings. The molecule has 1 atom stereocenters. The predicted molar refractivity (Wildman–Crippen MR) is 91.0 cm³/mol. The van der Waals surface area contributed by atoms with Crippen molar-refractivity contribution in [1.29, 1.82) is 0 Å². The predicted octanol–water partition coefficient (Wildman–Crippen LogP) is 3.87. The topological polar surface area (TPSA) is 112 Å². The van der Waals surface area contributed by atoms with E-state index < -0.39 is 23.3 Å². The van der Waals surface area contributed by atoms with E-state index in [1.165, 1.54) is 16.8 Å².